The number of unbranched alkanes of at least 4 members (excludes halogenated alkanes) is 1. The maximum absolute atomic E-state index is 14.5. The molecule has 0 aliphatic heterocycles. The monoisotopic (exact) mass is 641 g/mol. The standard InChI is InChI=1S/C33H36FN3O3S.CH2F2O/c1-4-6-19-39-20-21-40-29-13-7-25(8-14-29)26-9-17-31(34)27(22-26)10-18-32(38)36-28-11-15-30(16-12-28)41-33-24(3)35-23-37(33)5-2;2-1(3)4/h7-18,22-23H,4-6,19-21H2,1-3H3,(H,36,38);1,4H/b18-10+;. The summed E-state index contributed by atoms with van der Waals surface area (Å²) >= 11 is 1.64. The van der Waals surface area contributed by atoms with Gasteiger partial charge in [-0.2, -0.15) is 8.78 Å². The number of anilines is 1. The average molecular weight is 642 g/mol. The Balaban J connectivity index is 0.00000130. The van der Waals surface area contributed by atoms with Crippen LogP contribution in [0.25, 0.3) is 17.2 Å². The number of aliphatic hydroxyl groups excluding tert-OH is 1. The summed E-state index contributed by atoms with van der Waals surface area (Å²) in [6.45, 7) is 5.69. The molecule has 0 bridgehead atoms. The van der Waals surface area contributed by atoms with Gasteiger partial charge in [0.05, 0.1) is 18.6 Å². The van der Waals surface area contributed by atoms with Crippen molar-refractivity contribution in [1.82, 2.24) is 9.55 Å². The fourth-order valence-corrected chi connectivity index (χ4v) is 5.05. The minimum absolute atomic E-state index is 0.330. The Hall–Kier alpha value is -4.06. The zero-order chi connectivity index (χ0) is 32.6. The third kappa shape index (κ3) is 12.1. The summed E-state index contributed by atoms with van der Waals surface area (Å²) in [4.78, 5) is 18.0. The van der Waals surface area contributed by atoms with E-state index in [4.69, 9.17) is 14.6 Å². The quantitative estimate of drug-likeness (QED) is 0.107. The van der Waals surface area contributed by atoms with Gasteiger partial charge in [0.25, 0.3) is 0 Å². The minimum Gasteiger partial charge on any atom is -0.491 e. The van der Waals surface area contributed by atoms with E-state index in [9.17, 15) is 18.0 Å². The van der Waals surface area contributed by atoms with Crippen molar-refractivity contribution in [2.24, 2.45) is 0 Å². The van der Waals surface area contributed by atoms with Crippen molar-refractivity contribution < 1.29 is 32.5 Å². The SMILES string of the molecule is CCCCOCCOc1ccc(-c2ccc(F)c(/C=C/C(=O)Nc3ccc(Sc4c(C)ncn4CC)cc3)c2)cc1.OC(F)F. The number of aromatic nitrogens is 2. The zero-order valence-electron chi connectivity index (χ0n) is 25.5. The van der Waals surface area contributed by atoms with Gasteiger partial charge in [0.15, 0.2) is 0 Å². The van der Waals surface area contributed by atoms with Crippen LogP contribution in [0.4, 0.5) is 18.9 Å². The molecular formula is C34H38F3N3O4S. The van der Waals surface area contributed by atoms with Gasteiger partial charge in [0, 0.05) is 35.4 Å². The number of ether oxygens (including phenoxy) is 2. The highest BCUT2D eigenvalue weighted by molar-refractivity contribution is 7.99. The van der Waals surface area contributed by atoms with Crippen LogP contribution in [0.2, 0.25) is 0 Å². The Kier molecular flexibility index (Phi) is 14.7. The van der Waals surface area contributed by atoms with Gasteiger partial charge in [-0.05, 0) is 86.0 Å². The molecule has 0 unspecified atom stereocenters. The molecule has 45 heavy (non-hydrogen) atoms. The second kappa shape index (κ2) is 18.7. The van der Waals surface area contributed by atoms with Crippen molar-refractivity contribution in [1.29, 1.82) is 0 Å². The number of carbonyl (C=O) groups is 1. The molecule has 0 aliphatic rings. The minimum atomic E-state index is -3.17. The summed E-state index contributed by atoms with van der Waals surface area (Å²) in [5, 5.41) is 10.7. The summed E-state index contributed by atoms with van der Waals surface area (Å²) < 4.78 is 47.7. The van der Waals surface area contributed by atoms with Crippen molar-refractivity contribution in [3.05, 3.63) is 96.2 Å². The van der Waals surface area contributed by atoms with E-state index in [0.29, 0.717) is 24.5 Å². The number of nitrogens with zero attached hydrogens (tertiary/aromatic N) is 2. The van der Waals surface area contributed by atoms with Crippen LogP contribution >= 0.6 is 11.8 Å². The van der Waals surface area contributed by atoms with Crippen molar-refractivity contribution in [3.63, 3.8) is 0 Å². The van der Waals surface area contributed by atoms with Crippen molar-refractivity contribution >= 4 is 29.4 Å². The second-order valence-corrected chi connectivity index (χ2v) is 10.8. The molecule has 0 spiro atoms. The number of halogens is 3. The zero-order valence-corrected chi connectivity index (χ0v) is 26.3. The Bertz CT molecular complexity index is 1510. The molecule has 1 heterocycles. The Morgan fingerprint density at radius 3 is 2.38 bits per heavy atom. The predicted octanol–water partition coefficient (Wildman–Crippen LogP) is 8.22. The number of rotatable bonds is 14. The first-order chi connectivity index (χ1) is 21.7. The summed E-state index contributed by atoms with van der Waals surface area (Å²) in [6.07, 6.45) is 6.83. The first-order valence-corrected chi connectivity index (χ1v) is 15.4. The van der Waals surface area contributed by atoms with Crippen LogP contribution in [0.1, 0.15) is 37.9 Å². The van der Waals surface area contributed by atoms with Gasteiger partial charge < -0.3 is 24.5 Å². The van der Waals surface area contributed by atoms with Crippen LogP contribution in [-0.2, 0) is 16.1 Å². The van der Waals surface area contributed by atoms with Gasteiger partial charge in [-0.3, -0.25) is 4.79 Å². The third-order valence-corrected chi connectivity index (χ3v) is 7.61. The highest BCUT2D eigenvalue weighted by Crippen LogP contribution is 2.31. The van der Waals surface area contributed by atoms with Crippen molar-refractivity contribution in [2.45, 2.75) is 56.7 Å². The number of hydrogen-bond donors (Lipinski definition) is 2. The summed E-state index contributed by atoms with van der Waals surface area (Å²) in [5.41, 5.74) is 3.74. The van der Waals surface area contributed by atoms with E-state index in [1.54, 1.807) is 23.9 Å². The molecule has 2 N–H and O–H groups in total. The lowest BCUT2D eigenvalue weighted by Crippen LogP contribution is -2.07. The molecule has 0 fully saturated rings. The number of alkyl halides is 2. The largest absolute Gasteiger partial charge is 0.491 e. The Morgan fingerprint density at radius 1 is 1.02 bits per heavy atom. The first kappa shape index (κ1) is 35.4. The molecule has 1 amide bonds. The van der Waals surface area contributed by atoms with Gasteiger partial charge in [-0.15, -0.1) is 0 Å². The molecule has 4 rings (SSSR count). The van der Waals surface area contributed by atoms with Crippen molar-refractivity contribution in [2.75, 3.05) is 25.1 Å². The van der Waals surface area contributed by atoms with E-state index in [-0.39, 0.29) is 5.91 Å². The highest BCUT2D eigenvalue weighted by atomic mass is 32.2. The van der Waals surface area contributed by atoms with Gasteiger partial charge in [0.1, 0.15) is 23.2 Å². The normalized spacial score (nSPS) is 11.0. The van der Waals surface area contributed by atoms with Crippen LogP contribution in [0.5, 0.6) is 5.75 Å². The topological polar surface area (TPSA) is 85.6 Å². The van der Waals surface area contributed by atoms with Crippen LogP contribution in [-0.4, -0.2) is 47.0 Å². The maximum atomic E-state index is 14.5. The number of aliphatic hydroxyl groups is 1. The summed E-state index contributed by atoms with van der Waals surface area (Å²) in [6, 6.07) is 20.1. The lowest BCUT2D eigenvalue weighted by Gasteiger charge is -2.09. The smallest absolute Gasteiger partial charge is 0.342 e. The number of amides is 1. The number of hydrogen-bond acceptors (Lipinski definition) is 6. The van der Waals surface area contributed by atoms with Gasteiger partial charge in [-0.1, -0.05) is 43.3 Å². The van der Waals surface area contributed by atoms with Crippen LogP contribution in [0.15, 0.2) is 89.1 Å². The van der Waals surface area contributed by atoms with E-state index < -0.39 is 12.4 Å². The van der Waals surface area contributed by atoms with Gasteiger partial charge >= 0.3 is 6.61 Å². The molecule has 240 valence electrons. The number of benzene rings is 3. The average Bonchev–Trinajstić information content (AvgIpc) is 3.38. The van der Waals surface area contributed by atoms with E-state index in [1.165, 1.54) is 18.2 Å². The predicted molar refractivity (Wildman–Crippen MR) is 172 cm³/mol. The molecule has 1 aromatic heterocycles. The van der Waals surface area contributed by atoms with E-state index in [0.717, 1.165) is 58.5 Å². The Morgan fingerprint density at radius 2 is 1.71 bits per heavy atom. The second-order valence-electron chi connectivity index (χ2n) is 9.72. The van der Waals surface area contributed by atoms with Gasteiger partial charge in [-0.25, -0.2) is 9.37 Å². The molecule has 0 radical (unpaired) electrons. The third-order valence-electron chi connectivity index (χ3n) is 6.37. The van der Waals surface area contributed by atoms with Crippen molar-refractivity contribution in [3.8, 4) is 16.9 Å². The molecule has 0 saturated carbocycles. The van der Waals surface area contributed by atoms with E-state index in [2.05, 4.69) is 28.7 Å². The van der Waals surface area contributed by atoms with Gasteiger partial charge in [0.2, 0.25) is 5.91 Å². The summed E-state index contributed by atoms with van der Waals surface area (Å²) in [5.74, 6) is 0.0140. The number of aryl methyl sites for hydroxylation is 2. The highest BCUT2D eigenvalue weighted by Gasteiger charge is 2.09. The first-order valence-electron chi connectivity index (χ1n) is 14.6. The maximum Gasteiger partial charge on any atom is 0.342 e. The summed E-state index contributed by atoms with van der Waals surface area (Å²) in [7, 11) is 0. The molecule has 3 aromatic carbocycles. The van der Waals surface area contributed by atoms with Crippen LogP contribution < -0.4 is 10.1 Å². The molecule has 0 saturated heterocycles. The lowest BCUT2D eigenvalue weighted by molar-refractivity contribution is -0.111. The number of nitrogens with one attached hydrogen (secondary N) is 1. The van der Waals surface area contributed by atoms with E-state index >= 15 is 0 Å². The molecule has 7 nitrogen and oxygen atoms in total. The molecule has 0 aliphatic carbocycles. The Labute approximate surface area is 266 Å². The molecular weight excluding hydrogens is 603 g/mol. The fraction of sp³-hybridized carbons (Fsp3) is 0.294. The number of imidazole rings is 1. The van der Waals surface area contributed by atoms with E-state index in [1.807, 2.05) is 61.8 Å². The lowest BCUT2D eigenvalue weighted by atomic mass is 10.0. The fourth-order valence-electron chi connectivity index (χ4n) is 4.06. The van der Waals surface area contributed by atoms with Crippen LogP contribution in [0, 0.1) is 12.7 Å². The molecule has 0 atom stereocenters. The van der Waals surface area contributed by atoms with Crippen LogP contribution in [0.3, 0.4) is 0 Å². The molecule has 4 aromatic rings. The number of carbonyl (C=O) groups excluding carboxylic acids is 1. The molecule has 11 heteroatoms.